The summed E-state index contributed by atoms with van der Waals surface area (Å²) < 4.78 is 5.88. The molecule has 0 bridgehead atoms. The predicted molar refractivity (Wildman–Crippen MR) is 78.3 cm³/mol. The van der Waals surface area contributed by atoms with Gasteiger partial charge in [0.1, 0.15) is 5.69 Å². The summed E-state index contributed by atoms with van der Waals surface area (Å²) >= 11 is 0. The Morgan fingerprint density at radius 3 is 2.65 bits per heavy atom. The van der Waals surface area contributed by atoms with E-state index in [-0.39, 0.29) is 17.5 Å². The number of nitrogen functional groups attached to an aromatic ring is 1. The molecule has 1 fully saturated rings. The van der Waals surface area contributed by atoms with Crippen LogP contribution in [0.15, 0.2) is 18.2 Å². The summed E-state index contributed by atoms with van der Waals surface area (Å²) in [6, 6.07) is 4.86. The van der Waals surface area contributed by atoms with Crippen molar-refractivity contribution in [1.82, 2.24) is 0 Å². The van der Waals surface area contributed by atoms with Gasteiger partial charge in [0.15, 0.2) is 0 Å². The van der Waals surface area contributed by atoms with E-state index in [2.05, 4.69) is 13.8 Å². The lowest BCUT2D eigenvalue weighted by atomic mass is 9.76. The molecule has 1 aliphatic carbocycles. The van der Waals surface area contributed by atoms with Gasteiger partial charge in [0.05, 0.1) is 17.6 Å². The van der Waals surface area contributed by atoms with E-state index in [1.54, 1.807) is 12.1 Å². The SMILES string of the molecule is CC1(C)CCC(OCc2cccc([N+](=O)[O-])c2N)CC1. The Kier molecular flexibility index (Phi) is 4.28. The Morgan fingerprint density at radius 1 is 1.40 bits per heavy atom. The van der Waals surface area contributed by atoms with E-state index in [0.29, 0.717) is 17.6 Å². The molecule has 0 unspecified atom stereocenters. The third-order valence-corrected chi connectivity index (χ3v) is 4.13. The van der Waals surface area contributed by atoms with E-state index < -0.39 is 4.92 Å². The number of benzene rings is 1. The van der Waals surface area contributed by atoms with Crippen LogP contribution in [0.3, 0.4) is 0 Å². The monoisotopic (exact) mass is 278 g/mol. The predicted octanol–water partition coefficient (Wildman–Crippen LogP) is 3.66. The van der Waals surface area contributed by atoms with Crippen molar-refractivity contribution in [2.45, 2.75) is 52.2 Å². The van der Waals surface area contributed by atoms with Crippen molar-refractivity contribution in [2.24, 2.45) is 5.41 Å². The first-order valence-corrected chi connectivity index (χ1v) is 7.02. The minimum absolute atomic E-state index is 0.0455. The lowest BCUT2D eigenvalue weighted by Crippen LogP contribution is -2.26. The fraction of sp³-hybridized carbons (Fsp3) is 0.600. The maximum absolute atomic E-state index is 10.8. The van der Waals surface area contributed by atoms with Crippen molar-refractivity contribution >= 4 is 11.4 Å². The van der Waals surface area contributed by atoms with Gasteiger partial charge in [-0.15, -0.1) is 0 Å². The number of ether oxygens (including phenoxy) is 1. The molecular formula is C15H22N2O3. The summed E-state index contributed by atoms with van der Waals surface area (Å²) in [6.45, 7) is 4.90. The molecule has 1 aromatic carbocycles. The molecule has 0 spiro atoms. The molecule has 1 aliphatic rings. The molecule has 0 aliphatic heterocycles. The Morgan fingerprint density at radius 2 is 2.05 bits per heavy atom. The number of para-hydroxylation sites is 1. The van der Waals surface area contributed by atoms with Gasteiger partial charge in [-0.1, -0.05) is 26.0 Å². The van der Waals surface area contributed by atoms with Crippen molar-refractivity contribution in [1.29, 1.82) is 0 Å². The molecule has 20 heavy (non-hydrogen) atoms. The van der Waals surface area contributed by atoms with E-state index in [9.17, 15) is 10.1 Å². The molecule has 2 rings (SSSR count). The largest absolute Gasteiger partial charge is 0.393 e. The zero-order chi connectivity index (χ0) is 14.8. The van der Waals surface area contributed by atoms with Gasteiger partial charge >= 0.3 is 0 Å². The van der Waals surface area contributed by atoms with Gasteiger partial charge < -0.3 is 10.5 Å². The van der Waals surface area contributed by atoms with Crippen molar-refractivity contribution < 1.29 is 9.66 Å². The van der Waals surface area contributed by atoms with Crippen molar-refractivity contribution in [3.8, 4) is 0 Å². The quantitative estimate of drug-likeness (QED) is 0.518. The first kappa shape index (κ1) is 14.8. The third kappa shape index (κ3) is 3.48. The Balaban J connectivity index is 1.95. The van der Waals surface area contributed by atoms with Crippen LogP contribution in [0.2, 0.25) is 0 Å². The average Bonchev–Trinajstić information content (AvgIpc) is 2.38. The zero-order valence-electron chi connectivity index (χ0n) is 12.1. The van der Waals surface area contributed by atoms with E-state index in [1.807, 2.05) is 0 Å². The van der Waals surface area contributed by atoms with Gasteiger partial charge in [0, 0.05) is 11.6 Å². The Labute approximate surface area is 119 Å². The highest BCUT2D eigenvalue weighted by molar-refractivity contribution is 5.62. The molecule has 0 saturated heterocycles. The Bertz CT molecular complexity index is 490. The zero-order valence-corrected chi connectivity index (χ0v) is 12.1. The van der Waals surface area contributed by atoms with Crippen LogP contribution in [0, 0.1) is 15.5 Å². The van der Waals surface area contributed by atoms with Crippen LogP contribution in [-0.2, 0) is 11.3 Å². The number of nitro benzene ring substituents is 1. The van der Waals surface area contributed by atoms with Gasteiger partial charge in [-0.05, 0) is 31.1 Å². The van der Waals surface area contributed by atoms with Crippen LogP contribution in [-0.4, -0.2) is 11.0 Å². The highest BCUT2D eigenvalue weighted by atomic mass is 16.6. The lowest BCUT2D eigenvalue weighted by molar-refractivity contribution is -0.384. The first-order chi connectivity index (χ1) is 9.39. The van der Waals surface area contributed by atoms with Gasteiger partial charge in [0.2, 0.25) is 0 Å². The van der Waals surface area contributed by atoms with Crippen LogP contribution < -0.4 is 5.73 Å². The molecule has 1 saturated carbocycles. The molecule has 0 atom stereocenters. The molecule has 0 radical (unpaired) electrons. The molecule has 2 N–H and O–H groups in total. The summed E-state index contributed by atoms with van der Waals surface area (Å²) in [5.74, 6) is 0. The van der Waals surface area contributed by atoms with Gasteiger partial charge in [-0.3, -0.25) is 10.1 Å². The molecule has 5 nitrogen and oxygen atoms in total. The van der Waals surface area contributed by atoms with Gasteiger partial charge in [-0.25, -0.2) is 0 Å². The Hall–Kier alpha value is -1.62. The van der Waals surface area contributed by atoms with Crippen molar-refractivity contribution in [3.05, 3.63) is 33.9 Å². The second kappa shape index (κ2) is 5.79. The van der Waals surface area contributed by atoms with Gasteiger partial charge in [-0.2, -0.15) is 0 Å². The molecule has 5 heteroatoms. The number of anilines is 1. The fourth-order valence-corrected chi connectivity index (χ4v) is 2.63. The third-order valence-electron chi connectivity index (χ3n) is 4.13. The minimum Gasteiger partial charge on any atom is -0.393 e. The fourth-order valence-electron chi connectivity index (χ4n) is 2.63. The van der Waals surface area contributed by atoms with E-state index in [0.717, 1.165) is 25.7 Å². The topological polar surface area (TPSA) is 78.4 Å². The van der Waals surface area contributed by atoms with Crippen molar-refractivity contribution in [3.63, 3.8) is 0 Å². The van der Waals surface area contributed by atoms with Gasteiger partial charge in [0.25, 0.3) is 5.69 Å². The summed E-state index contributed by atoms with van der Waals surface area (Å²) in [4.78, 5) is 10.4. The number of nitrogens with zero attached hydrogens (tertiary/aromatic N) is 1. The standard InChI is InChI=1S/C15H22N2O3/c1-15(2)8-6-12(7-9-15)20-10-11-4-3-5-13(14(11)16)17(18)19/h3-5,12H,6-10,16H2,1-2H3. The normalized spacial score (nSPS) is 18.9. The molecule has 110 valence electrons. The summed E-state index contributed by atoms with van der Waals surface area (Å²) in [7, 11) is 0. The van der Waals surface area contributed by atoms with E-state index >= 15 is 0 Å². The summed E-state index contributed by atoms with van der Waals surface area (Å²) in [5, 5.41) is 10.8. The smallest absolute Gasteiger partial charge is 0.292 e. The first-order valence-electron chi connectivity index (χ1n) is 7.02. The summed E-state index contributed by atoms with van der Waals surface area (Å²) in [6.07, 6.45) is 4.63. The molecule has 1 aromatic rings. The summed E-state index contributed by atoms with van der Waals surface area (Å²) in [5.41, 5.74) is 7.10. The maximum atomic E-state index is 10.8. The molecule has 0 amide bonds. The van der Waals surface area contributed by atoms with Crippen LogP contribution in [0.5, 0.6) is 0 Å². The molecular weight excluding hydrogens is 256 g/mol. The number of rotatable bonds is 4. The second-order valence-electron chi connectivity index (χ2n) is 6.28. The number of hydrogen-bond acceptors (Lipinski definition) is 4. The van der Waals surface area contributed by atoms with Crippen molar-refractivity contribution in [2.75, 3.05) is 5.73 Å². The van der Waals surface area contributed by atoms with Crippen LogP contribution in [0.4, 0.5) is 11.4 Å². The maximum Gasteiger partial charge on any atom is 0.292 e. The highest BCUT2D eigenvalue weighted by Crippen LogP contribution is 2.36. The minimum atomic E-state index is -0.456. The number of nitrogens with two attached hydrogens (primary N) is 1. The van der Waals surface area contributed by atoms with Crippen LogP contribution in [0.25, 0.3) is 0 Å². The van der Waals surface area contributed by atoms with E-state index in [4.69, 9.17) is 10.5 Å². The lowest BCUT2D eigenvalue weighted by Gasteiger charge is -2.34. The average molecular weight is 278 g/mol. The number of nitro groups is 1. The van der Waals surface area contributed by atoms with E-state index in [1.165, 1.54) is 6.07 Å². The molecule has 0 aromatic heterocycles. The number of hydrogen-bond donors (Lipinski definition) is 1. The molecule has 0 heterocycles. The van der Waals surface area contributed by atoms with Crippen LogP contribution >= 0.6 is 0 Å². The highest BCUT2D eigenvalue weighted by Gasteiger charge is 2.27. The second-order valence-corrected chi connectivity index (χ2v) is 6.28. The van der Waals surface area contributed by atoms with Crippen LogP contribution in [0.1, 0.15) is 45.1 Å².